The minimum atomic E-state index is 0.205. The zero-order valence-electron chi connectivity index (χ0n) is 12.0. The molecule has 1 rings (SSSR count). The van der Waals surface area contributed by atoms with Gasteiger partial charge < -0.3 is 15.5 Å². The third-order valence-corrected chi connectivity index (χ3v) is 3.86. The van der Waals surface area contributed by atoms with Crippen LogP contribution >= 0.6 is 0 Å². The Hall–Kier alpha value is -0.610. The van der Waals surface area contributed by atoms with Gasteiger partial charge in [-0.05, 0) is 64.8 Å². The van der Waals surface area contributed by atoms with Gasteiger partial charge in [-0.3, -0.25) is 4.79 Å². The monoisotopic (exact) mass is 255 g/mol. The van der Waals surface area contributed by atoms with Crippen LogP contribution in [0.25, 0.3) is 0 Å². The Kier molecular flexibility index (Phi) is 8.01. The predicted octanol–water partition coefficient (Wildman–Crippen LogP) is 1.22. The van der Waals surface area contributed by atoms with Crippen molar-refractivity contribution >= 4 is 5.91 Å². The summed E-state index contributed by atoms with van der Waals surface area (Å²) in [7, 11) is 1.92. The second kappa shape index (κ2) is 9.34. The van der Waals surface area contributed by atoms with Crippen LogP contribution in [0.15, 0.2) is 0 Å². The molecule has 1 amide bonds. The molecule has 0 spiro atoms. The van der Waals surface area contributed by atoms with Gasteiger partial charge in [0.15, 0.2) is 0 Å². The highest BCUT2D eigenvalue weighted by molar-refractivity contribution is 5.75. The number of piperidine rings is 1. The molecule has 0 aromatic rings. The van der Waals surface area contributed by atoms with Crippen LogP contribution in [-0.2, 0) is 4.79 Å². The number of hydrogen-bond acceptors (Lipinski definition) is 3. The van der Waals surface area contributed by atoms with Crippen LogP contribution in [0.4, 0.5) is 0 Å². The molecule has 0 atom stereocenters. The average Bonchev–Trinajstić information content (AvgIpc) is 2.40. The van der Waals surface area contributed by atoms with E-state index >= 15 is 0 Å². The topological polar surface area (TPSA) is 44.4 Å². The summed E-state index contributed by atoms with van der Waals surface area (Å²) in [4.78, 5) is 14.0. The average molecular weight is 255 g/mol. The Morgan fingerprint density at radius 1 is 1.28 bits per heavy atom. The van der Waals surface area contributed by atoms with Gasteiger partial charge in [-0.1, -0.05) is 6.92 Å². The van der Waals surface area contributed by atoms with Gasteiger partial charge >= 0.3 is 0 Å². The molecule has 0 unspecified atom stereocenters. The Morgan fingerprint density at radius 2 is 2.00 bits per heavy atom. The highest BCUT2D eigenvalue weighted by atomic mass is 16.1. The minimum Gasteiger partial charge on any atom is -0.356 e. The lowest BCUT2D eigenvalue weighted by molar-refractivity contribution is -0.121. The molecule has 0 aromatic heterocycles. The molecule has 2 N–H and O–H groups in total. The van der Waals surface area contributed by atoms with E-state index in [0.717, 1.165) is 31.8 Å². The van der Waals surface area contributed by atoms with Gasteiger partial charge in [-0.15, -0.1) is 0 Å². The Labute approximate surface area is 111 Å². The van der Waals surface area contributed by atoms with Gasteiger partial charge in [0.2, 0.25) is 5.91 Å². The Morgan fingerprint density at radius 3 is 2.61 bits per heavy atom. The fraction of sp³-hybridized carbons (Fsp3) is 0.929. The van der Waals surface area contributed by atoms with Crippen LogP contribution < -0.4 is 10.6 Å². The molecule has 1 aliphatic rings. The number of carbonyl (C=O) groups is 1. The van der Waals surface area contributed by atoms with Crippen LogP contribution in [0.2, 0.25) is 0 Å². The largest absolute Gasteiger partial charge is 0.356 e. The molecule has 0 saturated carbocycles. The van der Waals surface area contributed by atoms with E-state index in [0.29, 0.717) is 6.42 Å². The Bertz CT molecular complexity index is 225. The molecule has 106 valence electrons. The van der Waals surface area contributed by atoms with E-state index < -0.39 is 0 Å². The molecular weight excluding hydrogens is 226 g/mol. The quantitative estimate of drug-likeness (QED) is 0.641. The number of likely N-dealkylation sites (tertiary alicyclic amines) is 1. The predicted molar refractivity (Wildman–Crippen MR) is 75.6 cm³/mol. The zero-order valence-corrected chi connectivity index (χ0v) is 12.0. The molecule has 4 nitrogen and oxygen atoms in total. The summed E-state index contributed by atoms with van der Waals surface area (Å²) in [6.07, 6.45) is 5.31. The lowest BCUT2D eigenvalue weighted by atomic mass is 9.93. The van der Waals surface area contributed by atoms with Crippen molar-refractivity contribution in [1.82, 2.24) is 15.5 Å². The first-order valence-electron chi connectivity index (χ1n) is 7.40. The second-order valence-corrected chi connectivity index (χ2v) is 5.22. The van der Waals surface area contributed by atoms with E-state index in [4.69, 9.17) is 0 Å². The maximum atomic E-state index is 11.5. The van der Waals surface area contributed by atoms with E-state index in [1.165, 1.54) is 32.5 Å². The molecule has 1 saturated heterocycles. The van der Waals surface area contributed by atoms with Crippen LogP contribution in [0, 0.1) is 5.92 Å². The van der Waals surface area contributed by atoms with E-state index in [1.807, 2.05) is 7.05 Å². The number of nitrogens with one attached hydrogen (secondary N) is 2. The zero-order chi connectivity index (χ0) is 13.2. The van der Waals surface area contributed by atoms with Gasteiger partial charge in [-0.2, -0.15) is 0 Å². The van der Waals surface area contributed by atoms with Crippen molar-refractivity contribution in [3.63, 3.8) is 0 Å². The summed E-state index contributed by atoms with van der Waals surface area (Å²) in [5.74, 6) is 1.02. The summed E-state index contributed by atoms with van der Waals surface area (Å²) < 4.78 is 0. The Balaban J connectivity index is 1.99. The van der Waals surface area contributed by atoms with Crippen molar-refractivity contribution in [2.75, 3.05) is 39.8 Å². The molecule has 1 fully saturated rings. The third kappa shape index (κ3) is 6.36. The lowest BCUT2D eigenvalue weighted by Gasteiger charge is -2.31. The molecule has 1 aliphatic heterocycles. The highest BCUT2D eigenvalue weighted by Crippen LogP contribution is 2.19. The van der Waals surface area contributed by atoms with Crippen molar-refractivity contribution in [3.8, 4) is 0 Å². The first kappa shape index (κ1) is 15.4. The molecule has 0 radical (unpaired) electrons. The highest BCUT2D eigenvalue weighted by Gasteiger charge is 2.17. The van der Waals surface area contributed by atoms with Gasteiger partial charge in [0, 0.05) is 13.0 Å². The normalized spacial score (nSPS) is 17.9. The fourth-order valence-corrected chi connectivity index (χ4v) is 2.52. The fourth-order valence-electron chi connectivity index (χ4n) is 2.52. The summed E-state index contributed by atoms with van der Waals surface area (Å²) >= 11 is 0. The van der Waals surface area contributed by atoms with Crippen molar-refractivity contribution in [2.24, 2.45) is 5.92 Å². The number of rotatable bonds is 8. The lowest BCUT2D eigenvalue weighted by Crippen LogP contribution is -2.35. The SMILES string of the molecule is CCN1CCC(CCNC(=O)CCCNC)CC1. The second-order valence-electron chi connectivity index (χ2n) is 5.22. The maximum absolute atomic E-state index is 11.5. The van der Waals surface area contributed by atoms with Crippen molar-refractivity contribution < 1.29 is 4.79 Å². The maximum Gasteiger partial charge on any atom is 0.220 e. The minimum absolute atomic E-state index is 0.205. The molecular formula is C14H29N3O. The van der Waals surface area contributed by atoms with Crippen molar-refractivity contribution in [1.29, 1.82) is 0 Å². The summed E-state index contributed by atoms with van der Waals surface area (Å²) in [5.41, 5.74) is 0. The molecule has 18 heavy (non-hydrogen) atoms. The van der Waals surface area contributed by atoms with E-state index in [9.17, 15) is 4.79 Å². The van der Waals surface area contributed by atoms with E-state index in [2.05, 4.69) is 22.5 Å². The van der Waals surface area contributed by atoms with Crippen LogP contribution in [0.5, 0.6) is 0 Å². The van der Waals surface area contributed by atoms with Crippen molar-refractivity contribution in [2.45, 2.75) is 39.0 Å². The summed E-state index contributed by atoms with van der Waals surface area (Å²) in [6.45, 7) is 7.65. The standard InChI is InChI=1S/C14H29N3O/c1-3-17-11-7-13(8-12-17)6-10-16-14(18)5-4-9-15-2/h13,15H,3-12H2,1-2H3,(H,16,18). The smallest absolute Gasteiger partial charge is 0.220 e. The van der Waals surface area contributed by atoms with Crippen molar-refractivity contribution in [3.05, 3.63) is 0 Å². The summed E-state index contributed by atoms with van der Waals surface area (Å²) in [5, 5.41) is 6.09. The number of hydrogen-bond donors (Lipinski definition) is 2. The van der Waals surface area contributed by atoms with Gasteiger partial charge in [0.1, 0.15) is 0 Å². The van der Waals surface area contributed by atoms with Gasteiger partial charge in [0.25, 0.3) is 0 Å². The number of nitrogens with zero attached hydrogens (tertiary/aromatic N) is 1. The number of amides is 1. The summed E-state index contributed by atoms with van der Waals surface area (Å²) in [6, 6.07) is 0. The number of carbonyl (C=O) groups excluding carboxylic acids is 1. The third-order valence-electron chi connectivity index (χ3n) is 3.86. The van der Waals surface area contributed by atoms with Crippen LogP contribution in [0.1, 0.15) is 39.0 Å². The molecule has 0 aromatic carbocycles. The molecule has 0 aliphatic carbocycles. The first-order chi connectivity index (χ1) is 8.76. The molecule has 1 heterocycles. The molecule has 0 bridgehead atoms. The van der Waals surface area contributed by atoms with Crippen LogP contribution in [-0.4, -0.2) is 50.6 Å². The van der Waals surface area contributed by atoms with Gasteiger partial charge in [0.05, 0.1) is 0 Å². The van der Waals surface area contributed by atoms with Crippen LogP contribution in [0.3, 0.4) is 0 Å². The van der Waals surface area contributed by atoms with Gasteiger partial charge in [-0.25, -0.2) is 0 Å². The molecule has 4 heteroatoms. The first-order valence-corrected chi connectivity index (χ1v) is 7.40. The van der Waals surface area contributed by atoms with E-state index in [-0.39, 0.29) is 5.91 Å². The van der Waals surface area contributed by atoms with E-state index in [1.54, 1.807) is 0 Å².